The van der Waals surface area contributed by atoms with Crippen molar-refractivity contribution in [1.29, 1.82) is 0 Å². The van der Waals surface area contributed by atoms with Crippen LogP contribution in [0.2, 0.25) is 0 Å². The Bertz CT molecular complexity index is 503. The van der Waals surface area contributed by atoms with Gasteiger partial charge < -0.3 is 5.11 Å². The van der Waals surface area contributed by atoms with E-state index < -0.39 is 11.9 Å². The van der Waals surface area contributed by atoms with E-state index in [9.17, 15) is 14.3 Å². The van der Waals surface area contributed by atoms with Gasteiger partial charge in [-0.3, -0.25) is 4.79 Å². The van der Waals surface area contributed by atoms with Crippen molar-refractivity contribution in [1.82, 2.24) is 0 Å². The smallest absolute Gasteiger partial charge is 0.311 e. The number of carbonyl (C=O) groups is 1. The molecule has 0 bridgehead atoms. The van der Waals surface area contributed by atoms with Crippen LogP contribution in [0.3, 0.4) is 0 Å². The lowest BCUT2D eigenvalue weighted by molar-refractivity contribution is -0.139. The molecule has 1 N–H and O–H groups in total. The van der Waals surface area contributed by atoms with E-state index >= 15 is 0 Å². The molecule has 1 aliphatic carbocycles. The molecule has 98 valence electrons. The minimum atomic E-state index is -0.810. The lowest BCUT2D eigenvalue weighted by atomic mass is 9.85. The maximum absolute atomic E-state index is 13.7. The van der Waals surface area contributed by atoms with Crippen LogP contribution in [0.4, 0.5) is 4.39 Å². The van der Waals surface area contributed by atoms with Gasteiger partial charge in [-0.05, 0) is 46.6 Å². The molecule has 18 heavy (non-hydrogen) atoms. The van der Waals surface area contributed by atoms with Gasteiger partial charge >= 0.3 is 5.97 Å². The topological polar surface area (TPSA) is 37.3 Å². The SMILES string of the molecule is CC(C)c1cc(F)cc2c1C(C(=O)O)CC2(C)C. The number of rotatable bonds is 2. The summed E-state index contributed by atoms with van der Waals surface area (Å²) in [5, 5.41) is 9.37. The summed E-state index contributed by atoms with van der Waals surface area (Å²) < 4.78 is 13.7. The Balaban J connectivity index is 2.72. The van der Waals surface area contributed by atoms with E-state index in [4.69, 9.17) is 0 Å². The number of hydrogen-bond acceptors (Lipinski definition) is 1. The van der Waals surface area contributed by atoms with Gasteiger partial charge in [-0.1, -0.05) is 27.7 Å². The van der Waals surface area contributed by atoms with Gasteiger partial charge in [-0.2, -0.15) is 0 Å². The van der Waals surface area contributed by atoms with E-state index in [-0.39, 0.29) is 17.2 Å². The quantitative estimate of drug-likeness (QED) is 0.866. The highest BCUT2D eigenvalue weighted by atomic mass is 19.1. The largest absolute Gasteiger partial charge is 0.481 e. The molecule has 1 aromatic carbocycles. The van der Waals surface area contributed by atoms with Gasteiger partial charge in [0.1, 0.15) is 5.82 Å². The van der Waals surface area contributed by atoms with E-state index in [1.54, 1.807) is 0 Å². The molecule has 0 saturated heterocycles. The van der Waals surface area contributed by atoms with Gasteiger partial charge in [0.25, 0.3) is 0 Å². The van der Waals surface area contributed by atoms with Gasteiger partial charge in [0.05, 0.1) is 5.92 Å². The Morgan fingerprint density at radius 3 is 2.56 bits per heavy atom. The molecule has 3 heteroatoms. The Hall–Kier alpha value is -1.38. The number of aliphatic carboxylic acids is 1. The summed E-state index contributed by atoms with van der Waals surface area (Å²) in [6, 6.07) is 2.99. The van der Waals surface area contributed by atoms with Crippen LogP contribution in [0.1, 0.15) is 62.6 Å². The van der Waals surface area contributed by atoms with Crippen molar-refractivity contribution in [2.75, 3.05) is 0 Å². The van der Waals surface area contributed by atoms with Gasteiger partial charge in [-0.25, -0.2) is 4.39 Å². The third kappa shape index (κ3) is 1.92. The Labute approximate surface area is 107 Å². The normalized spacial score (nSPS) is 21.1. The molecule has 1 aliphatic rings. The first-order chi connectivity index (χ1) is 8.24. The summed E-state index contributed by atoms with van der Waals surface area (Å²) in [5.74, 6) is -1.45. The molecule has 2 rings (SSSR count). The first-order valence-corrected chi connectivity index (χ1v) is 6.30. The molecule has 0 spiro atoms. The lowest BCUT2D eigenvalue weighted by Crippen LogP contribution is -2.14. The van der Waals surface area contributed by atoms with E-state index in [2.05, 4.69) is 0 Å². The van der Waals surface area contributed by atoms with E-state index in [1.807, 2.05) is 27.7 Å². The Morgan fingerprint density at radius 1 is 1.44 bits per heavy atom. The van der Waals surface area contributed by atoms with Crippen molar-refractivity contribution in [2.24, 2.45) is 0 Å². The standard InChI is InChI=1S/C15H19FO2/c1-8(2)10-5-9(16)6-12-13(10)11(14(17)18)7-15(12,3)4/h5-6,8,11H,7H2,1-4H3,(H,17,18). The van der Waals surface area contributed by atoms with Crippen molar-refractivity contribution in [3.8, 4) is 0 Å². The van der Waals surface area contributed by atoms with Crippen molar-refractivity contribution in [3.05, 3.63) is 34.6 Å². The first-order valence-electron chi connectivity index (χ1n) is 6.30. The average Bonchev–Trinajstić information content (AvgIpc) is 2.50. The molecule has 1 unspecified atom stereocenters. The highest BCUT2D eigenvalue weighted by Crippen LogP contribution is 2.48. The average molecular weight is 250 g/mol. The number of benzene rings is 1. The van der Waals surface area contributed by atoms with Crippen LogP contribution in [-0.2, 0) is 10.2 Å². The minimum Gasteiger partial charge on any atom is -0.481 e. The van der Waals surface area contributed by atoms with Crippen LogP contribution in [0.15, 0.2) is 12.1 Å². The fourth-order valence-electron chi connectivity index (χ4n) is 3.00. The van der Waals surface area contributed by atoms with Gasteiger partial charge in [0, 0.05) is 0 Å². The molecular weight excluding hydrogens is 231 g/mol. The summed E-state index contributed by atoms with van der Waals surface area (Å²) in [6.07, 6.45) is 0.542. The lowest BCUT2D eigenvalue weighted by Gasteiger charge is -2.20. The number of hydrogen-bond donors (Lipinski definition) is 1. The van der Waals surface area contributed by atoms with E-state index in [1.165, 1.54) is 12.1 Å². The van der Waals surface area contributed by atoms with Crippen LogP contribution < -0.4 is 0 Å². The van der Waals surface area contributed by atoms with Crippen molar-refractivity contribution < 1.29 is 14.3 Å². The molecule has 1 aromatic rings. The zero-order valence-electron chi connectivity index (χ0n) is 11.2. The fourth-order valence-corrected chi connectivity index (χ4v) is 3.00. The summed E-state index contributed by atoms with van der Waals surface area (Å²) in [4.78, 5) is 11.4. The highest BCUT2D eigenvalue weighted by molar-refractivity contribution is 5.79. The molecule has 2 nitrogen and oxygen atoms in total. The minimum absolute atomic E-state index is 0.130. The molecule has 0 amide bonds. The predicted molar refractivity (Wildman–Crippen MR) is 68.5 cm³/mol. The highest BCUT2D eigenvalue weighted by Gasteiger charge is 2.42. The molecule has 0 aromatic heterocycles. The number of carboxylic acids is 1. The number of carboxylic acid groups (broad SMARTS) is 1. The van der Waals surface area contributed by atoms with E-state index in [0.717, 1.165) is 16.7 Å². The Morgan fingerprint density at radius 2 is 2.06 bits per heavy atom. The summed E-state index contributed by atoms with van der Waals surface area (Å²) in [5.41, 5.74) is 2.26. The molecule has 1 atom stereocenters. The van der Waals surface area contributed by atoms with Crippen LogP contribution in [-0.4, -0.2) is 11.1 Å². The second-order valence-electron chi connectivity index (χ2n) is 6.09. The van der Waals surface area contributed by atoms with Gasteiger partial charge in [0.15, 0.2) is 0 Å². The molecular formula is C15H19FO2. The third-order valence-electron chi connectivity index (χ3n) is 3.89. The second kappa shape index (κ2) is 4.08. The zero-order valence-corrected chi connectivity index (χ0v) is 11.2. The van der Waals surface area contributed by atoms with Crippen molar-refractivity contribution in [2.45, 2.75) is 51.4 Å². The molecule has 0 radical (unpaired) electrons. The molecule has 0 heterocycles. The van der Waals surface area contributed by atoms with Gasteiger partial charge in [0.2, 0.25) is 0 Å². The summed E-state index contributed by atoms with van der Waals surface area (Å²) in [7, 11) is 0. The summed E-state index contributed by atoms with van der Waals surface area (Å²) >= 11 is 0. The number of fused-ring (bicyclic) bond motifs is 1. The number of halogens is 1. The van der Waals surface area contributed by atoms with Crippen LogP contribution in [0, 0.1) is 5.82 Å². The molecule has 0 saturated carbocycles. The Kier molecular flexibility index (Phi) is 2.96. The maximum atomic E-state index is 13.7. The second-order valence-corrected chi connectivity index (χ2v) is 6.09. The van der Waals surface area contributed by atoms with Crippen LogP contribution in [0.25, 0.3) is 0 Å². The third-order valence-corrected chi connectivity index (χ3v) is 3.89. The summed E-state index contributed by atoms with van der Waals surface area (Å²) in [6.45, 7) is 7.91. The molecule has 0 fully saturated rings. The monoisotopic (exact) mass is 250 g/mol. The molecule has 0 aliphatic heterocycles. The van der Waals surface area contributed by atoms with Gasteiger partial charge in [-0.15, -0.1) is 0 Å². The van der Waals surface area contributed by atoms with E-state index in [0.29, 0.717) is 6.42 Å². The maximum Gasteiger partial charge on any atom is 0.311 e. The predicted octanol–water partition coefficient (Wildman–Crippen LogP) is 3.80. The zero-order chi connectivity index (χ0) is 13.7. The first kappa shape index (κ1) is 13.1. The van der Waals surface area contributed by atoms with Crippen LogP contribution >= 0.6 is 0 Å². The van der Waals surface area contributed by atoms with Crippen molar-refractivity contribution in [3.63, 3.8) is 0 Å². The van der Waals surface area contributed by atoms with Crippen LogP contribution in [0.5, 0.6) is 0 Å². The van der Waals surface area contributed by atoms with Crippen molar-refractivity contribution >= 4 is 5.97 Å². The fraction of sp³-hybridized carbons (Fsp3) is 0.533.